The topological polar surface area (TPSA) is 69.6 Å². The molecule has 0 unspecified atom stereocenters. The van der Waals surface area contributed by atoms with Crippen molar-refractivity contribution in [1.82, 2.24) is 4.57 Å². The lowest BCUT2D eigenvalue weighted by molar-refractivity contribution is -0.117. The molecule has 1 amide bonds. The van der Waals surface area contributed by atoms with Gasteiger partial charge in [-0.25, -0.2) is 4.79 Å². The fraction of sp³-hybridized carbons (Fsp3) is 0.407. The van der Waals surface area contributed by atoms with Crippen molar-refractivity contribution < 1.29 is 19.1 Å². The molecule has 1 heterocycles. The lowest BCUT2D eigenvalue weighted by Crippen LogP contribution is -2.15. The number of methoxy groups -OCH3 is 2. The molecule has 0 radical (unpaired) electrons. The normalized spacial score (nSPS) is 13.9. The molecule has 0 atom stereocenters. The van der Waals surface area contributed by atoms with Gasteiger partial charge in [0.15, 0.2) is 0 Å². The van der Waals surface area contributed by atoms with E-state index >= 15 is 0 Å². The SMILES string of the molecule is CCn1cc(Cc2ccc(C(=O)OC)cc2OC)c2cc(NC(=O)CC3CCCC3)ccc21. The Labute approximate surface area is 194 Å². The molecule has 0 spiro atoms. The van der Waals surface area contributed by atoms with Gasteiger partial charge in [0, 0.05) is 42.2 Å². The first kappa shape index (κ1) is 22.9. The Morgan fingerprint density at radius 3 is 2.55 bits per heavy atom. The van der Waals surface area contributed by atoms with E-state index in [-0.39, 0.29) is 11.9 Å². The molecule has 1 N–H and O–H groups in total. The van der Waals surface area contributed by atoms with E-state index in [1.807, 2.05) is 12.1 Å². The van der Waals surface area contributed by atoms with E-state index in [4.69, 9.17) is 9.47 Å². The zero-order valence-electron chi connectivity index (χ0n) is 19.6. The van der Waals surface area contributed by atoms with Gasteiger partial charge in [-0.15, -0.1) is 0 Å². The monoisotopic (exact) mass is 448 g/mol. The number of aryl methyl sites for hydroxylation is 1. The van der Waals surface area contributed by atoms with Gasteiger partial charge in [-0.2, -0.15) is 0 Å². The van der Waals surface area contributed by atoms with Gasteiger partial charge in [0.2, 0.25) is 5.91 Å². The Kier molecular flexibility index (Phi) is 7.02. The average Bonchev–Trinajstić information content (AvgIpc) is 3.46. The van der Waals surface area contributed by atoms with Gasteiger partial charge in [-0.05, 0) is 67.1 Å². The van der Waals surface area contributed by atoms with Gasteiger partial charge >= 0.3 is 5.97 Å². The van der Waals surface area contributed by atoms with Crippen molar-refractivity contribution in [2.24, 2.45) is 5.92 Å². The van der Waals surface area contributed by atoms with Crippen LogP contribution in [0.5, 0.6) is 5.75 Å². The number of rotatable bonds is 8. The van der Waals surface area contributed by atoms with Gasteiger partial charge in [-0.1, -0.05) is 18.9 Å². The number of anilines is 1. The molecule has 6 heteroatoms. The summed E-state index contributed by atoms with van der Waals surface area (Å²) in [6, 6.07) is 11.5. The first-order chi connectivity index (χ1) is 16.0. The lowest BCUT2D eigenvalue weighted by atomic mass is 10.0. The van der Waals surface area contributed by atoms with Crippen LogP contribution in [-0.4, -0.2) is 30.7 Å². The maximum atomic E-state index is 12.6. The summed E-state index contributed by atoms with van der Waals surface area (Å²) >= 11 is 0. The Bertz CT molecular complexity index is 1160. The third kappa shape index (κ3) is 5.05. The number of hydrogen-bond acceptors (Lipinski definition) is 4. The molecule has 1 aliphatic carbocycles. The van der Waals surface area contributed by atoms with Gasteiger partial charge in [0.25, 0.3) is 0 Å². The summed E-state index contributed by atoms with van der Waals surface area (Å²) in [7, 11) is 2.97. The van der Waals surface area contributed by atoms with E-state index in [0.717, 1.165) is 47.1 Å². The van der Waals surface area contributed by atoms with E-state index in [2.05, 4.69) is 35.1 Å². The number of amides is 1. The Morgan fingerprint density at radius 2 is 1.85 bits per heavy atom. The minimum atomic E-state index is -0.388. The quantitative estimate of drug-likeness (QED) is 0.458. The maximum absolute atomic E-state index is 12.6. The summed E-state index contributed by atoms with van der Waals surface area (Å²) in [6.45, 7) is 2.97. The van der Waals surface area contributed by atoms with Crippen LogP contribution in [0.2, 0.25) is 0 Å². The summed E-state index contributed by atoms with van der Waals surface area (Å²) in [6.07, 6.45) is 8.20. The molecule has 6 nitrogen and oxygen atoms in total. The van der Waals surface area contributed by atoms with Crippen LogP contribution in [0.4, 0.5) is 5.69 Å². The number of hydrogen-bond donors (Lipinski definition) is 1. The van der Waals surface area contributed by atoms with E-state index in [0.29, 0.717) is 30.1 Å². The highest BCUT2D eigenvalue weighted by Gasteiger charge is 2.19. The molecule has 0 bridgehead atoms. The smallest absolute Gasteiger partial charge is 0.337 e. The number of ether oxygens (including phenoxy) is 2. The van der Waals surface area contributed by atoms with Crippen LogP contribution in [0.1, 0.15) is 60.5 Å². The number of nitrogens with zero attached hydrogens (tertiary/aromatic N) is 1. The zero-order valence-corrected chi connectivity index (χ0v) is 19.6. The van der Waals surface area contributed by atoms with E-state index < -0.39 is 0 Å². The third-order valence-corrected chi connectivity index (χ3v) is 6.63. The Hall–Kier alpha value is -3.28. The van der Waals surface area contributed by atoms with Crippen LogP contribution in [0, 0.1) is 5.92 Å². The maximum Gasteiger partial charge on any atom is 0.337 e. The van der Waals surface area contributed by atoms with Crippen LogP contribution in [0.15, 0.2) is 42.6 Å². The predicted octanol–water partition coefficient (Wildman–Crippen LogP) is 5.57. The van der Waals surface area contributed by atoms with Crippen LogP contribution in [-0.2, 0) is 22.5 Å². The van der Waals surface area contributed by atoms with Crippen LogP contribution in [0.3, 0.4) is 0 Å². The molecule has 0 aliphatic heterocycles. The summed E-state index contributed by atoms with van der Waals surface area (Å²) in [5.74, 6) is 0.875. The Balaban J connectivity index is 1.61. The molecule has 4 rings (SSSR count). The number of benzene rings is 2. The van der Waals surface area contributed by atoms with E-state index in [1.54, 1.807) is 19.2 Å². The molecule has 2 aromatic carbocycles. The number of carbonyl (C=O) groups excluding carboxylic acids is 2. The number of esters is 1. The molecule has 174 valence electrons. The van der Waals surface area contributed by atoms with E-state index in [9.17, 15) is 9.59 Å². The highest BCUT2D eigenvalue weighted by atomic mass is 16.5. The molecular weight excluding hydrogens is 416 g/mol. The molecule has 1 aliphatic rings. The molecule has 33 heavy (non-hydrogen) atoms. The zero-order chi connectivity index (χ0) is 23.4. The summed E-state index contributed by atoms with van der Waals surface area (Å²) in [4.78, 5) is 24.5. The second-order valence-corrected chi connectivity index (χ2v) is 8.77. The van der Waals surface area contributed by atoms with Gasteiger partial charge in [-0.3, -0.25) is 4.79 Å². The van der Waals surface area contributed by atoms with Gasteiger partial charge in [0.05, 0.1) is 19.8 Å². The van der Waals surface area contributed by atoms with Crippen LogP contribution < -0.4 is 10.1 Å². The van der Waals surface area contributed by atoms with Crippen molar-refractivity contribution in [3.63, 3.8) is 0 Å². The van der Waals surface area contributed by atoms with Gasteiger partial charge in [0.1, 0.15) is 5.75 Å². The molecule has 1 fully saturated rings. The Morgan fingerprint density at radius 1 is 1.06 bits per heavy atom. The second-order valence-electron chi connectivity index (χ2n) is 8.77. The van der Waals surface area contributed by atoms with Gasteiger partial charge < -0.3 is 19.4 Å². The van der Waals surface area contributed by atoms with Crippen LogP contribution >= 0.6 is 0 Å². The summed E-state index contributed by atoms with van der Waals surface area (Å²) in [5, 5.41) is 4.21. The second kappa shape index (κ2) is 10.1. The minimum absolute atomic E-state index is 0.0952. The summed E-state index contributed by atoms with van der Waals surface area (Å²) in [5.41, 5.74) is 4.54. The van der Waals surface area contributed by atoms with Crippen molar-refractivity contribution in [2.45, 2.75) is 52.0 Å². The third-order valence-electron chi connectivity index (χ3n) is 6.63. The van der Waals surface area contributed by atoms with Crippen molar-refractivity contribution >= 4 is 28.5 Å². The molecule has 1 aromatic heterocycles. The number of carbonyl (C=O) groups is 2. The molecular formula is C27H32N2O4. The first-order valence-electron chi connectivity index (χ1n) is 11.7. The molecule has 0 saturated heterocycles. The van der Waals surface area contributed by atoms with Crippen molar-refractivity contribution in [2.75, 3.05) is 19.5 Å². The number of aromatic nitrogens is 1. The average molecular weight is 449 g/mol. The van der Waals surface area contributed by atoms with Crippen LogP contribution in [0.25, 0.3) is 10.9 Å². The molecule has 3 aromatic rings. The van der Waals surface area contributed by atoms with E-state index in [1.165, 1.54) is 20.0 Å². The fourth-order valence-electron chi connectivity index (χ4n) is 4.88. The number of fused-ring (bicyclic) bond motifs is 1. The molecule has 1 saturated carbocycles. The summed E-state index contributed by atoms with van der Waals surface area (Å²) < 4.78 is 12.6. The fourth-order valence-corrected chi connectivity index (χ4v) is 4.88. The highest BCUT2D eigenvalue weighted by molar-refractivity contribution is 5.95. The predicted molar refractivity (Wildman–Crippen MR) is 130 cm³/mol. The highest BCUT2D eigenvalue weighted by Crippen LogP contribution is 2.31. The van der Waals surface area contributed by atoms with Crippen molar-refractivity contribution in [1.29, 1.82) is 0 Å². The lowest BCUT2D eigenvalue weighted by Gasteiger charge is -2.11. The largest absolute Gasteiger partial charge is 0.496 e. The minimum Gasteiger partial charge on any atom is -0.496 e. The van der Waals surface area contributed by atoms with Crippen molar-refractivity contribution in [3.05, 3.63) is 59.3 Å². The van der Waals surface area contributed by atoms with Crippen molar-refractivity contribution in [3.8, 4) is 5.75 Å². The standard InChI is InChI=1S/C27H32N2O4/c1-4-29-17-21(14-19-9-10-20(27(31)33-3)15-25(19)32-2)23-16-22(11-12-24(23)29)28-26(30)13-18-7-5-6-8-18/h9-12,15-18H,4-8,13-14H2,1-3H3,(H,28,30). The first-order valence-corrected chi connectivity index (χ1v) is 11.7. The number of nitrogens with one attached hydrogen (secondary N) is 1.